The first kappa shape index (κ1) is 22.0. The third-order valence-electron chi connectivity index (χ3n) is 3.94. The van der Waals surface area contributed by atoms with Crippen molar-refractivity contribution in [3.63, 3.8) is 0 Å². The monoisotopic (exact) mass is 368 g/mol. The fourth-order valence-electron chi connectivity index (χ4n) is 2.41. The van der Waals surface area contributed by atoms with E-state index in [-0.39, 0.29) is 42.9 Å². The van der Waals surface area contributed by atoms with Crippen molar-refractivity contribution in [3.8, 4) is 0 Å². The minimum absolute atomic E-state index is 0.0640. The number of Topliss-reactive ketones (excluding diaryl/α,β-unsaturated/α-hetero) is 1. The molecule has 1 heterocycles. The van der Waals surface area contributed by atoms with Gasteiger partial charge in [0.05, 0.1) is 32.3 Å². The van der Waals surface area contributed by atoms with Gasteiger partial charge in [0, 0.05) is 32.4 Å². The molecule has 8 heteroatoms. The second kappa shape index (κ2) is 11.5. The molecule has 1 aliphatic heterocycles. The normalized spacial score (nSPS) is 16.8. The molecule has 1 N–H and O–H groups in total. The molecular formula is C18H28N2O6. The highest BCUT2D eigenvalue weighted by Crippen LogP contribution is 2.25. The summed E-state index contributed by atoms with van der Waals surface area (Å²) in [7, 11) is 0. The van der Waals surface area contributed by atoms with E-state index in [1.165, 1.54) is 6.92 Å². The summed E-state index contributed by atoms with van der Waals surface area (Å²) in [6.07, 6.45) is 0.595. The number of likely N-dealkylation sites (tertiary alicyclic amines) is 1. The van der Waals surface area contributed by atoms with E-state index in [1.54, 1.807) is 6.92 Å². The largest absolute Gasteiger partial charge is 0.379 e. The molecular weight excluding hydrogens is 340 g/mol. The molecule has 0 saturated carbocycles. The first-order valence-corrected chi connectivity index (χ1v) is 8.74. The van der Waals surface area contributed by atoms with Crippen LogP contribution in [0, 0.1) is 5.92 Å². The Bertz CT molecular complexity index is 546. The van der Waals surface area contributed by atoms with Crippen LogP contribution in [0.3, 0.4) is 0 Å². The Morgan fingerprint density at radius 2 is 1.77 bits per heavy atom. The molecule has 1 atom stereocenters. The zero-order valence-corrected chi connectivity index (χ0v) is 15.5. The van der Waals surface area contributed by atoms with E-state index in [2.05, 4.69) is 11.9 Å². The van der Waals surface area contributed by atoms with E-state index in [0.29, 0.717) is 45.0 Å². The molecule has 1 rings (SSSR count). The zero-order valence-electron chi connectivity index (χ0n) is 15.5. The van der Waals surface area contributed by atoms with Crippen molar-refractivity contribution in [3.05, 3.63) is 12.2 Å². The van der Waals surface area contributed by atoms with Gasteiger partial charge >= 0.3 is 0 Å². The van der Waals surface area contributed by atoms with Crippen molar-refractivity contribution >= 4 is 23.5 Å². The number of hydrogen-bond donors (Lipinski definition) is 1. The quantitative estimate of drug-likeness (QED) is 0.288. The molecule has 0 aromatic heterocycles. The number of hydrogen-bond acceptors (Lipinski definition) is 6. The highest BCUT2D eigenvalue weighted by molar-refractivity contribution is 6.05. The number of carbonyl (C=O) groups excluding carboxylic acids is 4. The Hall–Kier alpha value is -2.06. The second-order valence-corrected chi connectivity index (χ2v) is 6.26. The summed E-state index contributed by atoms with van der Waals surface area (Å²) in [5.74, 6) is -1.16. The van der Waals surface area contributed by atoms with Crippen molar-refractivity contribution in [2.75, 3.05) is 39.5 Å². The molecule has 1 fully saturated rings. The van der Waals surface area contributed by atoms with Crippen LogP contribution in [0.4, 0.5) is 0 Å². The molecule has 0 radical (unpaired) electrons. The highest BCUT2D eigenvalue weighted by atomic mass is 16.5. The molecule has 146 valence electrons. The van der Waals surface area contributed by atoms with Gasteiger partial charge in [-0.3, -0.25) is 24.1 Å². The van der Waals surface area contributed by atoms with Crippen molar-refractivity contribution in [2.45, 2.75) is 33.1 Å². The number of ketones is 1. The van der Waals surface area contributed by atoms with Gasteiger partial charge < -0.3 is 14.8 Å². The summed E-state index contributed by atoms with van der Waals surface area (Å²) in [6.45, 7) is 8.87. The minimum atomic E-state index is -0.461. The van der Waals surface area contributed by atoms with Gasteiger partial charge in [0.1, 0.15) is 5.78 Å². The molecule has 8 nitrogen and oxygen atoms in total. The average Bonchev–Trinajstić information content (AvgIpc) is 2.85. The van der Waals surface area contributed by atoms with Gasteiger partial charge in [0.25, 0.3) is 0 Å². The molecule has 0 aliphatic carbocycles. The van der Waals surface area contributed by atoms with Crippen molar-refractivity contribution in [2.24, 2.45) is 5.92 Å². The fourth-order valence-corrected chi connectivity index (χ4v) is 2.41. The SMILES string of the molecule is C=C(C)C1CC(=O)N(CCC(=O)NCCOCCOCCC(C)=O)C1=O. The number of imide groups is 1. The first-order chi connectivity index (χ1) is 12.3. The maximum Gasteiger partial charge on any atom is 0.236 e. The fraction of sp³-hybridized carbons (Fsp3) is 0.667. The predicted octanol–water partition coefficient (Wildman–Crippen LogP) is 0.456. The zero-order chi connectivity index (χ0) is 19.5. The van der Waals surface area contributed by atoms with Crippen LogP contribution >= 0.6 is 0 Å². The average molecular weight is 368 g/mol. The molecule has 0 spiro atoms. The Morgan fingerprint density at radius 1 is 1.12 bits per heavy atom. The van der Waals surface area contributed by atoms with Crippen LogP contribution in [-0.4, -0.2) is 67.9 Å². The summed E-state index contributed by atoms with van der Waals surface area (Å²) in [5, 5.41) is 2.67. The van der Waals surface area contributed by atoms with Gasteiger partial charge in [-0.2, -0.15) is 0 Å². The van der Waals surface area contributed by atoms with Gasteiger partial charge in [-0.15, -0.1) is 0 Å². The first-order valence-electron chi connectivity index (χ1n) is 8.74. The van der Waals surface area contributed by atoms with Crippen LogP contribution < -0.4 is 5.32 Å². The van der Waals surface area contributed by atoms with E-state index < -0.39 is 5.92 Å². The number of nitrogens with zero attached hydrogens (tertiary/aromatic N) is 1. The van der Waals surface area contributed by atoms with Crippen LogP contribution in [0.15, 0.2) is 12.2 Å². The second-order valence-electron chi connectivity index (χ2n) is 6.26. The van der Waals surface area contributed by atoms with Gasteiger partial charge in [-0.05, 0) is 13.8 Å². The third kappa shape index (κ3) is 7.88. The molecule has 0 aromatic carbocycles. The standard InChI is InChI=1S/C18H28N2O6/c1-13(2)15-12-17(23)20(18(15)24)7-4-16(22)19-6-9-26-11-10-25-8-5-14(3)21/h15H,1,4-12H2,2-3H3,(H,19,22). The van der Waals surface area contributed by atoms with E-state index in [9.17, 15) is 19.2 Å². The summed E-state index contributed by atoms with van der Waals surface area (Å²) < 4.78 is 10.5. The maximum atomic E-state index is 12.1. The lowest BCUT2D eigenvalue weighted by Gasteiger charge is -2.14. The number of amides is 3. The summed E-state index contributed by atoms with van der Waals surface area (Å²) >= 11 is 0. The Labute approximate surface area is 153 Å². The highest BCUT2D eigenvalue weighted by Gasteiger charge is 2.38. The third-order valence-corrected chi connectivity index (χ3v) is 3.94. The summed E-state index contributed by atoms with van der Waals surface area (Å²) in [5.41, 5.74) is 0.665. The van der Waals surface area contributed by atoms with Crippen molar-refractivity contribution in [1.29, 1.82) is 0 Å². The number of nitrogens with one attached hydrogen (secondary N) is 1. The van der Waals surface area contributed by atoms with E-state index in [0.717, 1.165) is 4.90 Å². The van der Waals surface area contributed by atoms with Crippen LogP contribution in [0.1, 0.15) is 33.1 Å². The van der Waals surface area contributed by atoms with E-state index in [4.69, 9.17) is 9.47 Å². The lowest BCUT2D eigenvalue weighted by Crippen LogP contribution is -2.36. The number of ether oxygens (including phenoxy) is 2. The molecule has 1 aliphatic rings. The van der Waals surface area contributed by atoms with E-state index in [1.807, 2.05) is 0 Å². The molecule has 0 bridgehead atoms. The molecule has 26 heavy (non-hydrogen) atoms. The molecule has 1 saturated heterocycles. The van der Waals surface area contributed by atoms with Gasteiger partial charge in [0.2, 0.25) is 17.7 Å². The molecule has 1 unspecified atom stereocenters. The van der Waals surface area contributed by atoms with Crippen molar-refractivity contribution < 1.29 is 28.7 Å². The smallest absolute Gasteiger partial charge is 0.236 e. The van der Waals surface area contributed by atoms with E-state index >= 15 is 0 Å². The lowest BCUT2D eigenvalue weighted by atomic mass is 10.0. The van der Waals surface area contributed by atoms with Crippen LogP contribution in [0.5, 0.6) is 0 Å². The van der Waals surface area contributed by atoms with Crippen LogP contribution in [0.25, 0.3) is 0 Å². The summed E-state index contributed by atoms with van der Waals surface area (Å²) in [4.78, 5) is 47.5. The minimum Gasteiger partial charge on any atom is -0.379 e. The maximum absolute atomic E-state index is 12.1. The molecule has 0 aromatic rings. The Kier molecular flexibility index (Phi) is 9.75. The van der Waals surface area contributed by atoms with Crippen LogP contribution in [-0.2, 0) is 28.7 Å². The Balaban J connectivity index is 2.07. The predicted molar refractivity (Wildman–Crippen MR) is 94.2 cm³/mol. The van der Waals surface area contributed by atoms with Crippen molar-refractivity contribution in [1.82, 2.24) is 10.2 Å². The topological polar surface area (TPSA) is 102 Å². The Morgan fingerprint density at radius 3 is 2.35 bits per heavy atom. The van der Waals surface area contributed by atoms with Gasteiger partial charge in [0.15, 0.2) is 0 Å². The van der Waals surface area contributed by atoms with Gasteiger partial charge in [-0.25, -0.2) is 0 Å². The molecule has 3 amide bonds. The summed E-state index contributed by atoms with van der Waals surface area (Å²) in [6, 6.07) is 0. The lowest BCUT2D eigenvalue weighted by molar-refractivity contribution is -0.139. The number of carbonyl (C=O) groups is 4. The number of rotatable bonds is 13. The van der Waals surface area contributed by atoms with Crippen LogP contribution in [0.2, 0.25) is 0 Å². The van der Waals surface area contributed by atoms with Gasteiger partial charge in [-0.1, -0.05) is 12.2 Å².